The lowest BCUT2D eigenvalue weighted by Crippen LogP contribution is -2.30. The van der Waals surface area contributed by atoms with Crippen LogP contribution in [0.3, 0.4) is 0 Å². The van der Waals surface area contributed by atoms with Gasteiger partial charge in [0.05, 0.1) is 17.5 Å². The van der Waals surface area contributed by atoms with Gasteiger partial charge in [0.2, 0.25) is 10.0 Å². The van der Waals surface area contributed by atoms with E-state index >= 15 is 0 Å². The number of amides is 1. The number of hydrogen-bond donors (Lipinski definition) is 1. The van der Waals surface area contributed by atoms with Crippen LogP contribution in [-0.4, -0.2) is 32.3 Å². The zero-order chi connectivity index (χ0) is 19.4. The zero-order valence-electron chi connectivity index (χ0n) is 14.6. The average Bonchev–Trinajstić information content (AvgIpc) is 3.16. The highest BCUT2D eigenvalue weighted by Gasteiger charge is 2.30. The number of carbonyl (C=O) groups is 1. The van der Waals surface area contributed by atoms with E-state index in [9.17, 15) is 13.2 Å². The first kappa shape index (κ1) is 19.6. The van der Waals surface area contributed by atoms with Gasteiger partial charge in [-0.25, -0.2) is 8.42 Å². The summed E-state index contributed by atoms with van der Waals surface area (Å²) < 4.78 is 27.5. The van der Waals surface area contributed by atoms with Crippen LogP contribution >= 0.6 is 15.9 Å². The molecule has 0 aliphatic carbocycles. The molecule has 1 amide bonds. The van der Waals surface area contributed by atoms with Crippen LogP contribution in [0.15, 0.2) is 57.9 Å². The molecule has 0 spiro atoms. The molecule has 1 aliphatic rings. The molecule has 1 atom stereocenters. The molecule has 140 valence electrons. The molecule has 0 saturated carbocycles. The third kappa shape index (κ3) is 4.41. The highest BCUT2D eigenvalue weighted by molar-refractivity contribution is 9.10. The van der Waals surface area contributed by atoms with Crippen LogP contribution in [0.25, 0.3) is 0 Å². The predicted octanol–water partition coefficient (Wildman–Crippen LogP) is 3.34. The van der Waals surface area contributed by atoms with Crippen LogP contribution in [0.2, 0.25) is 0 Å². The lowest BCUT2D eigenvalue weighted by molar-refractivity contribution is 0.0735. The number of rotatable bonds is 5. The summed E-state index contributed by atoms with van der Waals surface area (Å²) in [7, 11) is -3.67. The van der Waals surface area contributed by atoms with E-state index in [0.29, 0.717) is 12.1 Å². The van der Waals surface area contributed by atoms with Crippen LogP contribution in [0, 0.1) is 12.3 Å². The Kier molecular flexibility index (Phi) is 6.00. The Morgan fingerprint density at radius 1 is 1.26 bits per heavy atom. The molecule has 0 bridgehead atoms. The quantitative estimate of drug-likeness (QED) is 0.716. The molecule has 1 heterocycles. The fourth-order valence-electron chi connectivity index (χ4n) is 3.23. The first-order valence-corrected chi connectivity index (χ1v) is 10.8. The largest absolute Gasteiger partial charge is 0.332 e. The minimum absolute atomic E-state index is 0.0238. The van der Waals surface area contributed by atoms with E-state index in [1.165, 1.54) is 12.1 Å². The van der Waals surface area contributed by atoms with Crippen molar-refractivity contribution in [3.05, 3.63) is 64.1 Å². The lowest BCUT2D eigenvalue weighted by Gasteiger charge is -2.25. The van der Waals surface area contributed by atoms with Gasteiger partial charge in [-0.2, -0.15) is 4.72 Å². The molecule has 27 heavy (non-hydrogen) atoms. The van der Waals surface area contributed by atoms with Crippen molar-refractivity contribution in [2.45, 2.75) is 23.8 Å². The maximum atomic E-state index is 13.0. The summed E-state index contributed by atoms with van der Waals surface area (Å²) in [6.07, 6.45) is 6.93. The van der Waals surface area contributed by atoms with Crippen molar-refractivity contribution in [1.82, 2.24) is 9.62 Å². The Balaban J connectivity index is 1.80. The van der Waals surface area contributed by atoms with Crippen molar-refractivity contribution in [1.29, 1.82) is 0 Å². The molecule has 1 aliphatic heterocycles. The Labute approximate surface area is 168 Å². The van der Waals surface area contributed by atoms with Crippen LogP contribution in [-0.2, 0) is 10.0 Å². The van der Waals surface area contributed by atoms with Gasteiger partial charge in [-0.05, 0) is 54.8 Å². The van der Waals surface area contributed by atoms with Crippen LogP contribution in [0.4, 0.5) is 0 Å². The van der Waals surface area contributed by atoms with E-state index in [-0.39, 0.29) is 23.4 Å². The predicted molar refractivity (Wildman–Crippen MR) is 108 cm³/mol. The fraction of sp³-hybridized carbons (Fsp3) is 0.250. The maximum Gasteiger partial charge on any atom is 0.254 e. The average molecular weight is 447 g/mol. The van der Waals surface area contributed by atoms with Gasteiger partial charge in [-0.3, -0.25) is 4.79 Å². The Bertz CT molecular complexity index is 981. The van der Waals surface area contributed by atoms with Crippen LogP contribution in [0.5, 0.6) is 0 Å². The standard InChI is InChI=1S/C20H19BrN2O3S/c1-2-12-22-27(25,26)18-10-8-15(9-11-18)20(24)23-13-4-7-19(23)16-5-3-6-17(21)14-16/h1,3,5-6,8-11,14,19,22H,4,7,12-13H2. The summed E-state index contributed by atoms with van der Waals surface area (Å²) in [6, 6.07) is 13.9. The normalized spacial score (nSPS) is 16.9. The van der Waals surface area contributed by atoms with E-state index in [1.54, 1.807) is 12.1 Å². The van der Waals surface area contributed by atoms with Crippen molar-refractivity contribution in [2.24, 2.45) is 0 Å². The smallest absolute Gasteiger partial charge is 0.254 e. The molecule has 0 aromatic heterocycles. The van der Waals surface area contributed by atoms with Crippen molar-refractivity contribution < 1.29 is 13.2 Å². The highest BCUT2D eigenvalue weighted by atomic mass is 79.9. The molecular weight excluding hydrogens is 428 g/mol. The Hall–Kier alpha value is -2.14. The zero-order valence-corrected chi connectivity index (χ0v) is 17.0. The number of likely N-dealkylation sites (tertiary alicyclic amines) is 1. The summed E-state index contributed by atoms with van der Waals surface area (Å²) in [5, 5.41) is 0. The topological polar surface area (TPSA) is 66.5 Å². The summed E-state index contributed by atoms with van der Waals surface area (Å²) in [5.74, 6) is 2.13. The van der Waals surface area contributed by atoms with Gasteiger partial charge in [0.15, 0.2) is 0 Å². The van der Waals surface area contributed by atoms with Gasteiger partial charge in [0.1, 0.15) is 0 Å². The van der Waals surface area contributed by atoms with Gasteiger partial charge in [-0.15, -0.1) is 6.42 Å². The first-order valence-electron chi connectivity index (χ1n) is 8.52. The number of nitrogens with one attached hydrogen (secondary N) is 1. The molecule has 1 fully saturated rings. The SMILES string of the molecule is C#CCNS(=O)(=O)c1ccc(C(=O)N2CCCC2c2cccc(Br)c2)cc1. The summed E-state index contributed by atoms with van der Waals surface area (Å²) in [5.41, 5.74) is 1.56. The molecule has 0 radical (unpaired) electrons. The Morgan fingerprint density at radius 3 is 2.67 bits per heavy atom. The number of halogens is 1. The number of benzene rings is 2. The number of nitrogens with zero attached hydrogens (tertiary/aromatic N) is 1. The van der Waals surface area contributed by atoms with Gasteiger partial charge in [0, 0.05) is 16.6 Å². The number of hydrogen-bond acceptors (Lipinski definition) is 3. The molecule has 1 N–H and O–H groups in total. The minimum Gasteiger partial charge on any atom is -0.332 e. The van der Waals surface area contributed by atoms with Gasteiger partial charge in [-0.1, -0.05) is 34.0 Å². The van der Waals surface area contributed by atoms with Gasteiger partial charge >= 0.3 is 0 Å². The number of carbonyl (C=O) groups excluding carboxylic acids is 1. The van der Waals surface area contributed by atoms with E-state index in [4.69, 9.17) is 6.42 Å². The van der Waals surface area contributed by atoms with Crippen LogP contribution < -0.4 is 4.72 Å². The number of terminal acetylenes is 1. The molecule has 3 rings (SSSR count). The number of sulfonamides is 1. The van der Waals surface area contributed by atoms with E-state index in [0.717, 1.165) is 22.9 Å². The Morgan fingerprint density at radius 2 is 2.00 bits per heavy atom. The van der Waals surface area contributed by atoms with E-state index in [1.807, 2.05) is 29.2 Å². The lowest BCUT2D eigenvalue weighted by atomic mass is 10.0. The molecule has 2 aromatic rings. The third-order valence-corrected chi connectivity index (χ3v) is 6.43. The van der Waals surface area contributed by atoms with Crippen LogP contribution in [0.1, 0.15) is 34.8 Å². The van der Waals surface area contributed by atoms with Crippen molar-refractivity contribution in [3.63, 3.8) is 0 Å². The van der Waals surface area contributed by atoms with Crippen molar-refractivity contribution in [3.8, 4) is 12.3 Å². The fourth-order valence-corrected chi connectivity index (χ4v) is 4.58. The second-order valence-electron chi connectivity index (χ2n) is 6.26. The monoisotopic (exact) mass is 446 g/mol. The molecular formula is C20H19BrN2O3S. The summed E-state index contributed by atoms with van der Waals surface area (Å²) in [4.78, 5) is 14.9. The van der Waals surface area contributed by atoms with E-state index < -0.39 is 10.0 Å². The van der Waals surface area contributed by atoms with Crippen molar-refractivity contribution in [2.75, 3.05) is 13.1 Å². The molecule has 2 aromatic carbocycles. The molecule has 5 nitrogen and oxygen atoms in total. The second kappa shape index (κ2) is 8.26. The van der Waals surface area contributed by atoms with Gasteiger partial charge < -0.3 is 4.90 Å². The minimum atomic E-state index is -3.67. The van der Waals surface area contributed by atoms with Crippen molar-refractivity contribution >= 4 is 31.9 Å². The second-order valence-corrected chi connectivity index (χ2v) is 8.95. The summed E-state index contributed by atoms with van der Waals surface area (Å²) >= 11 is 3.48. The first-order chi connectivity index (χ1) is 12.9. The van der Waals surface area contributed by atoms with Gasteiger partial charge in [0.25, 0.3) is 5.91 Å². The molecule has 7 heteroatoms. The van der Waals surface area contributed by atoms with E-state index in [2.05, 4.69) is 26.6 Å². The maximum absolute atomic E-state index is 13.0. The molecule has 1 saturated heterocycles. The molecule has 1 unspecified atom stereocenters. The third-order valence-electron chi connectivity index (χ3n) is 4.52. The highest BCUT2D eigenvalue weighted by Crippen LogP contribution is 2.34. The summed E-state index contributed by atoms with van der Waals surface area (Å²) in [6.45, 7) is 0.602.